The molecule has 2 aromatic heterocycles. The molecule has 2 amide bonds. The summed E-state index contributed by atoms with van der Waals surface area (Å²) in [6, 6.07) is 7.39. The first-order valence-electron chi connectivity index (χ1n) is 10.6. The fourth-order valence-corrected chi connectivity index (χ4v) is 5.24. The second-order valence-corrected chi connectivity index (χ2v) is 9.62. The first kappa shape index (κ1) is 23.7. The van der Waals surface area contributed by atoms with Gasteiger partial charge in [0.2, 0.25) is 0 Å². The number of ether oxygens (including phenoxy) is 1. The van der Waals surface area contributed by atoms with Crippen molar-refractivity contribution in [2.75, 3.05) is 17.7 Å². The van der Waals surface area contributed by atoms with Gasteiger partial charge in [0.05, 0.1) is 18.5 Å². The lowest BCUT2D eigenvalue weighted by Crippen LogP contribution is -2.35. The van der Waals surface area contributed by atoms with Gasteiger partial charge in [-0.3, -0.25) is 20.2 Å². The number of amides is 2. The number of allylic oxidation sites excluding steroid dienone is 2. The highest BCUT2D eigenvalue weighted by Crippen LogP contribution is 2.40. The molecule has 8 nitrogen and oxygen atoms in total. The molecule has 3 heterocycles. The second-order valence-electron chi connectivity index (χ2n) is 7.90. The van der Waals surface area contributed by atoms with Crippen molar-refractivity contribution in [1.29, 1.82) is 0 Å². The van der Waals surface area contributed by atoms with Crippen LogP contribution in [0, 0.1) is 13.8 Å². The molecule has 1 aliphatic heterocycles. The molecule has 0 atom stereocenters. The minimum Gasteiger partial charge on any atom is -0.497 e. The second kappa shape index (κ2) is 9.78. The molecule has 3 aromatic rings. The third kappa shape index (κ3) is 4.87. The summed E-state index contributed by atoms with van der Waals surface area (Å²) in [5.74, 6) is -0.548. The predicted octanol–water partition coefficient (Wildman–Crippen LogP) is 4.74. The monoisotopic (exact) mass is 495 g/mol. The molecule has 3 N–H and O–H groups in total. The van der Waals surface area contributed by atoms with Gasteiger partial charge in [-0.25, -0.2) is 9.97 Å². The van der Waals surface area contributed by atoms with E-state index in [2.05, 4.69) is 25.9 Å². The number of benzene rings is 1. The van der Waals surface area contributed by atoms with Gasteiger partial charge < -0.3 is 10.1 Å². The summed E-state index contributed by atoms with van der Waals surface area (Å²) in [6.07, 6.45) is 0. The topological polar surface area (TPSA) is 105 Å². The SMILES string of the molecule is COc1ccc(C2C(C(=O)Nc3nc(C)cs3)=C(C)NC(C)=C2C(=O)Nc2nc(C)cs2)cc1. The van der Waals surface area contributed by atoms with E-state index in [1.54, 1.807) is 7.11 Å². The van der Waals surface area contributed by atoms with Crippen LogP contribution in [0.1, 0.15) is 36.7 Å². The Morgan fingerprint density at radius 1 is 0.853 bits per heavy atom. The Bertz CT molecular complexity index is 1230. The molecule has 0 spiro atoms. The Morgan fingerprint density at radius 3 is 1.71 bits per heavy atom. The van der Waals surface area contributed by atoms with Crippen molar-refractivity contribution in [3.63, 3.8) is 0 Å². The van der Waals surface area contributed by atoms with Crippen molar-refractivity contribution in [3.05, 3.63) is 74.5 Å². The number of hydrogen-bond donors (Lipinski definition) is 3. The Morgan fingerprint density at radius 2 is 1.32 bits per heavy atom. The molecule has 0 aliphatic carbocycles. The zero-order valence-corrected chi connectivity index (χ0v) is 21.1. The third-order valence-electron chi connectivity index (χ3n) is 5.38. The number of hydrogen-bond acceptors (Lipinski definition) is 8. The number of carbonyl (C=O) groups is 2. The standard InChI is InChI=1S/C24H25N5O3S2/c1-12-10-33-23(25-12)28-21(30)18-14(3)27-15(4)19(22(31)29-24-26-13(2)11-34-24)20(18)16-6-8-17(32-5)9-7-16/h6-11,20,27H,1-5H3,(H,25,28,30)(H,26,29,31). The highest BCUT2D eigenvalue weighted by Gasteiger charge is 2.37. The lowest BCUT2D eigenvalue weighted by molar-refractivity contribution is -0.113. The van der Waals surface area contributed by atoms with Crippen molar-refractivity contribution in [1.82, 2.24) is 15.3 Å². The van der Waals surface area contributed by atoms with Gasteiger partial charge in [-0.1, -0.05) is 12.1 Å². The average Bonchev–Trinajstić information content (AvgIpc) is 3.40. The van der Waals surface area contributed by atoms with Crippen LogP contribution in [0.4, 0.5) is 10.3 Å². The number of carbonyl (C=O) groups excluding carboxylic acids is 2. The maximum atomic E-state index is 13.5. The van der Waals surface area contributed by atoms with Crippen LogP contribution < -0.4 is 20.7 Å². The normalized spacial score (nSPS) is 14.1. The summed E-state index contributed by atoms with van der Waals surface area (Å²) >= 11 is 2.71. The highest BCUT2D eigenvalue weighted by molar-refractivity contribution is 7.14. The van der Waals surface area contributed by atoms with Crippen LogP contribution in [0.3, 0.4) is 0 Å². The van der Waals surface area contributed by atoms with Crippen molar-refractivity contribution in [3.8, 4) is 5.75 Å². The van der Waals surface area contributed by atoms with Gasteiger partial charge in [0.25, 0.3) is 11.8 Å². The first-order valence-corrected chi connectivity index (χ1v) is 12.3. The first-order chi connectivity index (χ1) is 16.3. The number of dihydropyridines is 1. The van der Waals surface area contributed by atoms with Crippen molar-refractivity contribution in [2.24, 2.45) is 0 Å². The molecular formula is C24H25N5O3S2. The molecule has 1 aromatic carbocycles. The molecule has 1 aliphatic rings. The molecule has 0 unspecified atom stereocenters. The molecule has 4 rings (SSSR count). The van der Waals surface area contributed by atoms with Gasteiger partial charge in [-0.05, 0) is 45.4 Å². The van der Waals surface area contributed by atoms with Crippen LogP contribution in [0.5, 0.6) is 5.75 Å². The average molecular weight is 496 g/mol. The number of aryl methyl sites for hydroxylation is 2. The molecule has 0 saturated heterocycles. The number of anilines is 2. The highest BCUT2D eigenvalue weighted by atomic mass is 32.1. The smallest absolute Gasteiger partial charge is 0.256 e. The maximum Gasteiger partial charge on any atom is 0.256 e. The largest absolute Gasteiger partial charge is 0.497 e. The van der Waals surface area contributed by atoms with E-state index in [4.69, 9.17) is 4.74 Å². The van der Waals surface area contributed by atoms with E-state index in [9.17, 15) is 9.59 Å². The van der Waals surface area contributed by atoms with Gasteiger partial charge in [0.15, 0.2) is 10.3 Å². The molecule has 10 heteroatoms. The molecular weight excluding hydrogens is 470 g/mol. The Hall–Kier alpha value is -3.50. The molecule has 34 heavy (non-hydrogen) atoms. The minimum absolute atomic E-state index is 0.317. The van der Waals surface area contributed by atoms with Crippen molar-refractivity contribution >= 4 is 44.8 Å². The quantitative estimate of drug-likeness (QED) is 0.456. The number of nitrogens with zero attached hydrogens (tertiary/aromatic N) is 2. The Balaban J connectivity index is 1.76. The van der Waals surface area contributed by atoms with Crippen LogP contribution in [-0.2, 0) is 9.59 Å². The summed E-state index contributed by atoms with van der Waals surface area (Å²) < 4.78 is 5.30. The van der Waals surface area contributed by atoms with Crippen LogP contribution in [-0.4, -0.2) is 28.9 Å². The van der Waals surface area contributed by atoms with Crippen molar-refractivity contribution in [2.45, 2.75) is 33.6 Å². The lowest BCUT2D eigenvalue weighted by Gasteiger charge is -2.31. The molecule has 0 radical (unpaired) electrons. The van der Waals surface area contributed by atoms with E-state index in [1.807, 2.05) is 62.7 Å². The van der Waals surface area contributed by atoms with Gasteiger partial charge in [-0.15, -0.1) is 22.7 Å². The summed E-state index contributed by atoms with van der Waals surface area (Å²) in [5, 5.41) is 13.8. The van der Waals surface area contributed by atoms with E-state index in [0.29, 0.717) is 38.6 Å². The summed E-state index contributed by atoms with van der Waals surface area (Å²) in [5.41, 5.74) is 4.69. The molecule has 0 bridgehead atoms. The number of methoxy groups -OCH3 is 1. The van der Waals surface area contributed by atoms with Gasteiger partial charge >= 0.3 is 0 Å². The van der Waals surface area contributed by atoms with Crippen LogP contribution in [0.2, 0.25) is 0 Å². The van der Waals surface area contributed by atoms with Crippen LogP contribution >= 0.6 is 22.7 Å². The van der Waals surface area contributed by atoms with Crippen molar-refractivity contribution < 1.29 is 14.3 Å². The lowest BCUT2D eigenvalue weighted by atomic mass is 9.79. The van der Waals surface area contributed by atoms with Crippen LogP contribution in [0.15, 0.2) is 57.6 Å². The van der Waals surface area contributed by atoms with Crippen LogP contribution in [0.25, 0.3) is 0 Å². The fourth-order valence-electron chi connectivity index (χ4n) is 3.88. The number of nitrogens with one attached hydrogen (secondary N) is 3. The van der Waals surface area contributed by atoms with E-state index >= 15 is 0 Å². The van der Waals surface area contributed by atoms with E-state index < -0.39 is 5.92 Å². The van der Waals surface area contributed by atoms with Gasteiger partial charge in [-0.2, -0.15) is 0 Å². The summed E-state index contributed by atoms with van der Waals surface area (Å²) in [7, 11) is 1.59. The number of rotatable bonds is 6. The molecule has 0 fully saturated rings. The van der Waals surface area contributed by atoms with Gasteiger partial charge in [0, 0.05) is 39.2 Å². The summed E-state index contributed by atoms with van der Waals surface area (Å²) in [6.45, 7) is 7.41. The number of thiazole rings is 2. The Kier molecular flexibility index (Phi) is 6.80. The third-order valence-corrected chi connectivity index (χ3v) is 7.13. The number of aromatic nitrogens is 2. The molecule has 176 valence electrons. The van der Waals surface area contributed by atoms with E-state index in [1.165, 1.54) is 22.7 Å². The predicted molar refractivity (Wildman–Crippen MR) is 135 cm³/mol. The van der Waals surface area contributed by atoms with E-state index in [-0.39, 0.29) is 11.8 Å². The minimum atomic E-state index is -0.603. The van der Waals surface area contributed by atoms with E-state index in [0.717, 1.165) is 17.0 Å². The zero-order chi connectivity index (χ0) is 24.4. The maximum absolute atomic E-state index is 13.5. The summed E-state index contributed by atoms with van der Waals surface area (Å²) in [4.78, 5) is 35.7. The molecule has 0 saturated carbocycles. The zero-order valence-electron chi connectivity index (χ0n) is 19.5. The fraction of sp³-hybridized carbons (Fsp3) is 0.250. The van der Waals surface area contributed by atoms with Gasteiger partial charge in [0.1, 0.15) is 5.75 Å². The Labute approximate surface area is 205 Å².